The Morgan fingerprint density at radius 3 is 2.30 bits per heavy atom. The number of ether oxygens (including phenoxy) is 1. The molecule has 7 heteroatoms. The first-order chi connectivity index (χ1) is 15.7. The van der Waals surface area contributed by atoms with Gasteiger partial charge in [-0.2, -0.15) is 0 Å². The summed E-state index contributed by atoms with van der Waals surface area (Å²) in [7, 11) is -2.24. The van der Waals surface area contributed by atoms with Crippen molar-refractivity contribution in [1.29, 1.82) is 0 Å². The minimum absolute atomic E-state index is 0.0757. The van der Waals surface area contributed by atoms with Gasteiger partial charge in [-0.25, -0.2) is 8.42 Å². The van der Waals surface area contributed by atoms with Crippen molar-refractivity contribution in [3.05, 3.63) is 88.5 Å². The highest BCUT2D eigenvalue weighted by Crippen LogP contribution is 2.26. The molecule has 33 heavy (non-hydrogen) atoms. The van der Waals surface area contributed by atoms with E-state index in [4.69, 9.17) is 4.74 Å². The number of aryl methyl sites for hydroxylation is 3. The van der Waals surface area contributed by atoms with E-state index in [2.05, 4.69) is 10.0 Å². The van der Waals surface area contributed by atoms with Gasteiger partial charge in [-0.3, -0.25) is 9.52 Å². The second-order valence-electron chi connectivity index (χ2n) is 8.06. The number of anilines is 1. The van der Waals surface area contributed by atoms with Crippen LogP contribution in [0.3, 0.4) is 0 Å². The summed E-state index contributed by atoms with van der Waals surface area (Å²) in [4.78, 5) is 13.1. The summed E-state index contributed by atoms with van der Waals surface area (Å²) in [6.45, 7) is 7.49. The lowest BCUT2D eigenvalue weighted by molar-refractivity contribution is 0.0935. The smallest absolute Gasteiger partial charge is 0.262 e. The molecule has 0 spiro atoms. The van der Waals surface area contributed by atoms with Gasteiger partial charge in [0.15, 0.2) is 0 Å². The first-order valence-electron chi connectivity index (χ1n) is 10.8. The molecule has 0 fully saturated rings. The molecule has 174 valence electrons. The Kier molecular flexibility index (Phi) is 7.43. The molecule has 0 radical (unpaired) electrons. The maximum Gasteiger partial charge on any atom is 0.262 e. The number of hydrogen-bond donors (Lipinski definition) is 2. The summed E-state index contributed by atoms with van der Waals surface area (Å²) in [5.74, 6) is 0.456. The standard InChI is InChI=1S/C26H30N2O4S/c1-6-22(20-13-14-24(32-5)19(4)15-20)27-26(29)21-12-11-18(3)25(16-21)33(30,31)28-23-10-8-7-9-17(23)2/h7-16,22,28H,6H2,1-5H3,(H,27,29)/t22-/m1/s1. The average molecular weight is 467 g/mol. The van der Waals surface area contributed by atoms with Gasteiger partial charge in [-0.05, 0) is 73.7 Å². The number of carbonyl (C=O) groups excluding carboxylic acids is 1. The van der Waals surface area contributed by atoms with Crippen LogP contribution >= 0.6 is 0 Å². The lowest BCUT2D eigenvalue weighted by Gasteiger charge is -2.19. The number of methoxy groups -OCH3 is 1. The number of rotatable bonds is 8. The second-order valence-corrected chi connectivity index (χ2v) is 9.71. The molecule has 3 rings (SSSR count). The minimum Gasteiger partial charge on any atom is -0.496 e. The summed E-state index contributed by atoms with van der Waals surface area (Å²) >= 11 is 0. The molecule has 1 atom stereocenters. The van der Waals surface area contributed by atoms with Crippen LogP contribution in [0.5, 0.6) is 5.75 Å². The Bertz CT molecular complexity index is 1270. The molecule has 3 aromatic rings. The van der Waals surface area contributed by atoms with Crippen molar-refractivity contribution in [3.8, 4) is 5.75 Å². The quantitative estimate of drug-likeness (QED) is 0.472. The number of benzene rings is 3. The van der Waals surface area contributed by atoms with Crippen LogP contribution in [0.25, 0.3) is 0 Å². The van der Waals surface area contributed by atoms with Gasteiger partial charge >= 0.3 is 0 Å². The zero-order valence-corrected chi connectivity index (χ0v) is 20.4. The third-order valence-electron chi connectivity index (χ3n) is 5.66. The maximum absolute atomic E-state index is 13.1. The van der Waals surface area contributed by atoms with E-state index in [1.807, 2.05) is 51.1 Å². The maximum atomic E-state index is 13.1. The molecule has 0 aliphatic heterocycles. The highest BCUT2D eigenvalue weighted by Gasteiger charge is 2.21. The molecule has 1 amide bonds. The van der Waals surface area contributed by atoms with E-state index in [-0.39, 0.29) is 22.4 Å². The van der Waals surface area contributed by atoms with Gasteiger partial charge in [-0.1, -0.05) is 43.3 Å². The fraction of sp³-hybridized carbons (Fsp3) is 0.269. The van der Waals surface area contributed by atoms with Gasteiger partial charge in [0.05, 0.1) is 23.7 Å². The second kappa shape index (κ2) is 10.1. The number of nitrogens with one attached hydrogen (secondary N) is 2. The first kappa shape index (κ1) is 24.3. The predicted octanol–water partition coefficient (Wildman–Crippen LogP) is 5.30. The van der Waals surface area contributed by atoms with Gasteiger partial charge in [0.25, 0.3) is 15.9 Å². The van der Waals surface area contributed by atoms with E-state index in [1.54, 1.807) is 38.3 Å². The summed E-state index contributed by atoms with van der Waals surface area (Å²) in [6, 6.07) is 17.5. The van der Waals surface area contributed by atoms with Gasteiger partial charge in [0.1, 0.15) is 5.75 Å². The topological polar surface area (TPSA) is 84.5 Å². The van der Waals surface area contributed by atoms with Gasteiger partial charge in [-0.15, -0.1) is 0 Å². The molecule has 0 bridgehead atoms. The third kappa shape index (κ3) is 5.54. The Morgan fingerprint density at radius 2 is 1.67 bits per heavy atom. The summed E-state index contributed by atoms with van der Waals surface area (Å²) in [6.07, 6.45) is 0.684. The summed E-state index contributed by atoms with van der Waals surface area (Å²) in [5, 5.41) is 3.03. The third-order valence-corrected chi connectivity index (χ3v) is 7.17. The normalized spacial score (nSPS) is 12.2. The lowest BCUT2D eigenvalue weighted by atomic mass is 10.0. The van der Waals surface area contributed by atoms with E-state index in [9.17, 15) is 13.2 Å². The van der Waals surface area contributed by atoms with E-state index >= 15 is 0 Å². The SMILES string of the molecule is CC[C@@H](NC(=O)c1ccc(C)c(S(=O)(=O)Nc2ccccc2C)c1)c1ccc(OC)c(C)c1. The molecule has 0 saturated carbocycles. The molecule has 0 saturated heterocycles. The van der Waals surface area contributed by atoms with Crippen LogP contribution in [-0.2, 0) is 10.0 Å². The van der Waals surface area contributed by atoms with E-state index in [1.165, 1.54) is 6.07 Å². The van der Waals surface area contributed by atoms with E-state index in [0.29, 0.717) is 17.7 Å². The van der Waals surface area contributed by atoms with Crippen molar-refractivity contribution in [3.63, 3.8) is 0 Å². The fourth-order valence-electron chi connectivity index (χ4n) is 3.70. The van der Waals surface area contributed by atoms with Crippen molar-refractivity contribution >= 4 is 21.6 Å². The van der Waals surface area contributed by atoms with Crippen LogP contribution < -0.4 is 14.8 Å². The van der Waals surface area contributed by atoms with Crippen molar-refractivity contribution in [2.45, 2.75) is 45.1 Å². The van der Waals surface area contributed by atoms with Crippen molar-refractivity contribution in [2.75, 3.05) is 11.8 Å². The average Bonchev–Trinajstić information content (AvgIpc) is 2.78. The number of amides is 1. The molecule has 0 aliphatic carbocycles. The van der Waals surface area contributed by atoms with Crippen LogP contribution in [0.1, 0.15) is 52.0 Å². The fourth-order valence-corrected chi connectivity index (χ4v) is 5.10. The Hall–Kier alpha value is -3.32. The van der Waals surface area contributed by atoms with Crippen LogP contribution in [-0.4, -0.2) is 21.4 Å². The van der Waals surface area contributed by atoms with Crippen LogP contribution in [0.4, 0.5) is 5.69 Å². The summed E-state index contributed by atoms with van der Waals surface area (Å²) in [5.41, 5.74) is 4.11. The Balaban J connectivity index is 1.86. The predicted molar refractivity (Wildman–Crippen MR) is 131 cm³/mol. The molecule has 0 unspecified atom stereocenters. The Labute approximate surface area is 196 Å². The van der Waals surface area contributed by atoms with Crippen LogP contribution in [0.15, 0.2) is 65.6 Å². The highest BCUT2D eigenvalue weighted by molar-refractivity contribution is 7.92. The zero-order chi connectivity index (χ0) is 24.2. The van der Waals surface area contributed by atoms with Crippen molar-refractivity contribution < 1.29 is 17.9 Å². The number of carbonyl (C=O) groups is 1. The molecule has 2 N–H and O–H groups in total. The largest absolute Gasteiger partial charge is 0.496 e. The molecule has 6 nitrogen and oxygen atoms in total. The molecular formula is C26H30N2O4S. The number of sulfonamides is 1. The number of hydrogen-bond acceptors (Lipinski definition) is 4. The highest BCUT2D eigenvalue weighted by atomic mass is 32.2. The van der Waals surface area contributed by atoms with Gasteiger partial charge in [0.2, 0.25) is 0 Å². The molecule has 0 aliphatic rings. The first-order valence-corrected chi connectivity index (χ1v) is 12.3. The van der Waals surface area contributed by atoms with Crippen molar-refractivity contribution in [1.82, 2.24) is 5.32 Å². The summed E-state index contributed by atoms with van der Waals surface area (Å²) < 4.78 is 34.1. The molecule has 3 aromatic carbocycles. The molecule has 0 heterocycles. The van der Waals surface area contributed by atoms with Crippen LogP contribution in [0.2, 0.25) is 0 Å². The monoisotopic (exact) mass is 466 g/mol. The zero-order valence-electron chi connectivity index (χ0n) is 19.6. The van der Waals surface area contributed by atoms with Gasteiger partial charge < -0.3 is 10.1 Å². The van der Waals surface area contributed by atoms with Crippen LogP contribution in [0, 0.1) is 20.8 Å². The van der Waals surface area contributed by atoms with Gasteiger partial charge in [0, 0.05) is 5.56 Å². The molecular weight excluding hydrogens is 436 g/mol. The minimum atomic E-state index is -3.87. The lowest BCUT2D eigenvalue weighted by Crippen LogP contribution is -2.28. The Morgan fingerprint density at radius 1 is 0.939 bits per heavy atom. The van der Waals surface area contributed by atoms with Crippen molar-refractivity contribution in [2.24, 2.45) is 0 Å². The van der Waals surface area contributed by atoms with E-state index < -0.39 is 10.0 Å². The molecule has 0 aromatic heterocycles. The van der Waals surface area contributed by atoms with E-state index in [0.717, 1.165) is 22.4 Å². The number of para-hydroxylation sites is 1.